The number of benzene rings is 2. The molecule has 106 valence electrons. The molecule has 0 bridgehead atoms. The zero-order valence-corrected chi connectivity index (χ0v) is 11.3. The molecule has 0 saturated carbocycles. The highest BCUT2D eigenvalue weighted by Crippen LogP contribution is 2.30. The van der Waals surface area contributed by atoms with Crippen LogP contribution in [0.3, 0.4) is 0 Å². The van der Waals surface area contributed by atoms with Crippen LogP contribution in [0.15, 0.2) is 42.5 Å². The molecule has 5 heteroatoms. The lowest BCUT2D eigenvalue weighted by atomic mass is 10.1. The van der Waals surface area contributed by atoms with Crippen molar-refractivity contribution < 1.29 is 18.7 Å². The topological polar surface area (TPSA) is 46.6 Å². The maximum atomic E-state index is 13.7. The molecule has 2 aromatic carbocycles. The van der Waals surface area contributed by atoms with Crippen LogP contribution in [-0.4, -0.2) is 18.4 Å². The van der Waals surface area contributed by atoms with E-state index in [0.717, 1.165) is 4.90 Å². The Morgan fingerprint density at radius 2 is 1.76 bits per heavy atom. The minimum atomic E-state index is -0.681. The van der Waals surface area contributed by atoms with Gasteiger partial charge in [0.05, 0.1) is 23.4 Å². The third-order valence-corrected chi connectivity index (χ3v) is 3.27. The highest BCUT2D eigenvalue weighted by molar-refractivity contribution is 6.34. The number of carbonyl (C=O) groups is 2. The van der Waals surface area contributed by atoms with E-state index in [1.165, 1.54) is 18.2 Å². The van der Waals surface area contributed by atoms with Crippen molar-refractivity contribution in [3.63, 3.8) is 0 Å². The second kappa shape index (κ2) is 5.01. The number of ether oxygens (including phenoxy) is 1. The van der Waals surface area contributed by atoms with Gasteiger partial charge in [-0.15, -0.1) is 0 Å². The van der Waals surface area contributed by atoms with E-state index in [9.17, 15) is 14.0 Å². The van der Waals surface area contributed by atoms with Gasteiger partial charge < -0.3 is 4.74 Å². The van der Waals surface area contributed by atoms with Gasteiger partial charge in [0.2, 0.25) is 0 Å². The van der Waals surface area contributed by atoms with E-state index >= 15 is 0 Å². The van der Waals surface area contributed by atoms with E-state index in [0.29, 0.717) is 18.0 Å². The molecular weight excluding hydrogens is 273 g/mol. The third-order valence-electron chi connectivity index (χ3n) is 3.27. The van der Waals surface area contributed by atoms with Gasteiger partial charge in [0.1, 0.15) is 11.6 Å². The molecule has 1 aliphatic rings. The number of amides is 2. The molecular formula is C16H12FNO3. The summed E-state index contributed by atoms with van der Waals surface area (Å²) in [5.41, 5.74) is 0.314. The summed E-state index contributed by atoms with van der Waals surface area (Å²) in [5, 5.41) is 0. The van der Waals surface area contributed by atoms with Gasteiger partial charge in [-0.1, -0.05) is 6.07 Å². The fourth-order valence-corrected chi connectivity index (χ4v) is 2.34. The van der Waals surface area contributed by atoms with Crippen LogP contribution < -0.4 is 9.64 Å². The first-order valence-corrected chi connectivity index (χ1v) is 6.53. The maximum absolute atomic E-state index is 13.7. The number of rotatable bonds is 3. The van der Waals surface area contributed by atoms with Crippen LogP contribution in [-0.2, 0) is 0 Å². The quantitative estimate of drug-likeness (QED) is 0.814. The van der Waals surface area contributed by atoms with Gasteiger partial charge >= 0.3 is 0 Å². The SMILES string of the molecule is CCOc1ccc(N2C(=O)c3cccc(F)c3C2=O)cc1. The summed E-state index contributed by atoms with van der Waals surface area (Å²) in [5.74, 6) is -1.20. The van der Waals surface area contributed by atoms with Crippen LogP contribution in [0.4, 0.5) is 10.1 Å². The summed E-state index contributed by atoms with van der Waals surface area (Å²) < 4.78 is 19.1. The van der Waals surface area contributed by atoms with Gasteiger partial charge in [-0.2, -0.15) is 0 Å². The van der Waals surface area contributed by atoms with Gasteiger partial charge in [0, 0.05) is 0 Å². The third kappa shape index (κ3) is 2.07. The molecule has 0 radical (unpaired) electrons. The molecule has 2 amide bonds. The van der Waals surface area contributed by atoms with Crippen molar-refractivity contribution in [2.24, 2.45) is 0 Å². The molecule has 4 nitrogen and oxygen atoms in total. The van der Waals surface area contributed by atoms with E-state index < -0.39 is 17.6 Å². The van der Waals surface area contributed by atoms with Crippen LogP contribution in [0.25, 0.3) is 0 Å². The number of carbonyl (C=O) groups excluding carboxylic acids is 2. The fraction of sp³-hybridized carbons (Fsp3) is 0.125. The lowest BCUT2D eigenvalue weighted by Crippen LogP contribution is -2.29. The molecule has 0 unspecified atom stereocenters. The molecule has 1 aliphatic heterocycles. The van der Waals surface area contributed by atoms with E-state index in [1.54, 1.807) is 24.3 Å². The Balaban J connectivity index is 2.00. The summed E-state index contributed by atoms with van der Waals surface area (Å²) in [7, 11) is 0. The maximum Gasteiger partial charge on any atom is 0.269 e. The zero-order valence-electron chi connectivity index (χ0n) is 11.3. The Labute approximate surface area is 120 Å². The van der Waals surface area contributed by atoms with E-state index in [1.807, 2.05) is 6.92 Å². The molecule has 0 aromatic heterocycles. The molecule has 2 aromatic rings. The number of imide groups is 1. The lowest BCUT2D eigenvalue weighted by molar-refractivity contribution is 0.0925. The zero-order chi connectivity index (χ0) is 15.0. The van der Waals surface area contributed by atoms with E-state index in [2.05, 4.69) is 0 Å². The number of hydrogen-bond donors (Lipinski definition) is 0. The van der Waals surface area contributed by atoms with Crippen molar-refractivity contribution in [2.75, 3.05) is 11.5 Å². The average molecular weight is 285 g/mol. The standard InChI is InChI=1S/C16H12FNO3/c1-2-21-11-8-6-10(7-9-11)18-15(19)12-4-3-5-13(17)14(12)16(18)20/h3-9H,2H2,1H3. The molecule has 0 saturated heterocycles. The molecule has 1 heterocycles. The van der Waals surface area contributed by atoms with Gasteiger partial charge in [0.25, 0.3) is 11.8 Å². The van der Waals surface area contributed by atoms with Gasteiger partial charge in [0.15, 0.2) is 0 Å². The average Bonchev–Trinajstić information content (AvgIpc) is 2.74. The van der Waals surface area contributed by atoms with Crippen molar-refractivity contribution in [1.29, 1.82) is 0 Å². The summed E-state index contributed by atoms with van der Waals surface area (Å²) in [6, 6.07) is 10.6. The highest BCUT2D eigenvalue weighted by atomic mass is 19.1. The first-order valence-electron chi connectivity index (χ1n) is 6.53. The molecule has 0 spiro atoms. The number of hydrogen-bond acceptors (Lipinski definition) is 3. The molecule has 21 heavy (non-hydrogen) atoms. The highest BCUT2D eigenvalue weighted by Gasteiger charge is 2.38. The van der Waals surface area contributed by atoms with Crippen LogP contribution >= 0.6 is 0 Å². The number of halogens is 1. The van der Waals surface area contributed by atoms with Crippen LogP contribution in [0, 0.1) is 5.82 Å². The van der Waals surface area contributed by atoms with E-state index in [-0.39, 0.29) is 11.1 Å². The van der Waals surface area contributed by atoms with Crippen molar-refractivity contribution in [2.45, 2.75) is 6.92 Å². The van der Waals surface area contributed by atoms with Crippen molar-refractivity contribution >= 4 is 17.5 Å². The van der Waals surface area contributed by atoms with Gasteiger partial charge in [-0.25, -0.2) is 9.29 Å². The van der Waals surface area contributed by atoms with Crippen molar-refractivity contribution in [3.05, 3.63) is 59.4 Å². The fourth-order valence-electron chi connectivity index (χ4n) is 2.34. The van der Waals surface area contributed by atoms with Crippen LogP contribution in [0.2, 0.25) is 0 Å². The monoisotopic (exact) mass is 285 g/mol. The summed E-state index contributed by atoms with van der Waals surface area (Å²) in [6.45, 7) is 2.39. The Hall–Kier alpha value is -2.69. The first kappa shape index (κ1) is 13.3. The minimum Gasteiger partial charge on any atom is -0.494 e. The predicted octanol–water partition coefficient (Wildman–Crippen LogP) is 3.03. The summed E-state index contributed by atoms with van der Waals surface area (Å²) in [4.78, 5) is 25.5. The van der Waals surface area contributed by atoms with Gasteiger partial charge in [-0.3, -0.25) is 9.59 Å². The molecule has 0 aliphatic carbocycles. The Morgan fingerprint density at radius 1 is 1.05 bits per heavy atom. The van der Waals surface area contributed by atoms with Crippen molar-refractivity contribution in [1.82, 2.24) is 0 Å². The van der Waals surface area contributed by atoms with E-state index in [4.69, 9.17) is 4.74 Å². The summed E-state index contributed by atoms with van der Waals surface area (Å²) >= 11 is 0. The van der Waals surface area contributed by atoms with Gasteiger partial charge in [-0.05, 0) is 43.3 Å². The largest absolute Gasteiger partial charge is 0.494 e. The number of anilines is 1. The van der Waals surface area contributed by atoms with Crippen LogP contribution in [0.5, 0.6) is 5.75 Å². The van der Waals surface area contributed by atoms with Crippen LogP contribution in [0.1, 0.15) is 27.6 Å². The molecule has 0 N–H and O–H groups in total. The number of fused-ring (bicyclic) bond motifs is 1. The van der Waals surface area contributed by atoms with Crippen molar-refractivity contribution in [3.8, 4) is 5.75 Å². The minimum absolute atomic E-state index is 0.0916. The summed E-state index contributed by atoms with van der Waals surface area (Å²) in [6.07, 6.45) is 0. The Kier molecular flexibility index (Phi) is 3.17. The normalized spacial score (nSPS) is 13.5. The molecule has 3 rings (SSSR count). The molecule has 0 atom stereocenters. The predicted molar refractivity (Wildman–Crippen MR) is 75.2 cm³/mol. The first-order chi connectivity index (χ1) is 10.1. The lowest BCUT2D eigenvalue weighted by Gasteiger charge is -2.14. The Bertz CT molecular complexity index is 725. The molecule has 0 fully saturated rings. The second-order valence-corrected chi connectivity index (χ2v) is 4.54. The Morgan fingerprint density at radius 3 is 2.38 bits per heavy atom. The number of nitrogens with zero attached hydrogens (tertiary/aromatic N) is 1. The second-order valence-electron chi connectivity index (χ2n) is 4.54. The smallest absolute Gasteiger partial charge is 0.269 e.